The predicted molar refractivity (Wildman–Crippen MR) is 100 cm³/mol. The molecule has 0 spiro atoms. The van der Waals surface area contributed by atoms with Crippen LogP contribution >= 0.6 is 31.9 Å². The van der Waals surface area contributed by atoms with Crippen LogP contribution in [0.25, 0.3) is 0 Å². The van der Waals surface area contributed by atoms with E-state index < -0.39 is 4.92 Å². The fourth-order valence-electron chi connectivity index (χ4n) is 2.11. The van der Waals surface area contributed by atoms with E-state index in [1.165, 1.54) is 13.2 Å². The van der Waals surface area contributed by atoms with Crippen molar-refractivity contribution in [2.45, 2.75) is 6.42 Å². The van der Waals surface area contributed by atoms with Crippen molar-refractivity contribution < 1.29 is 19.2 Å². The highest BCUT2D eigenvalue weighted by Crippen LogP contribution is 2.39. The monoisotopic (exact) mass is 472 g/mol. The van der Waals surface area contributed by atoms with Crippen LogP contribution in [0.5, 0.6) is 11.5 Å². The maximum Gasteiger partial charge on any atom is 0.309 e. The van der Waals surface area contributed by atoms with Crippen molar-refractivity contribution in [1.82, 2.24) is 0 Å². The minimum Gasteiger partial charge on any atom is -0.469 e. The van der Waals surface area contributed by atoms with Crippen LogP contribution in [0.15, 0.2) is 39.3 Å². The lowest BCUT2D eigenvalue weighted by Crippen LogP contribution is -2.04. The van der Waals surface area contributed by atoms with Crippen molar-refractivity contribution in [3.8, 4) is 11.5 Å². The van der Waals surface area contributed by atoms with Gasteiger partial charge in [-0.2, -0.15) is 0 Å². The number of carbonyl (C=O) groups excluding carboxylic acids is 1. The Hall–Kier alpha value is -2.13. The van der Waals surface area contributed by atoms with E-state index in [4.69, 9.17) is 4.74 Å². The minimum absolute atomic E-state index is 0.0884. The molecule has 0 amide bonds. The van der Waals surface area contributed by atoms with E-state index in [1.807, 2.05) is 0 Å². The number of esters is 1. The van der Waals surface area contributed by atoms with Crippen LogP contribution < -0.4 is 10.1 Å². The third-order valence-corrected chi connectivity index (χ3v) is 4.47. The molecule has 132 valence electrons. The minimum atomic E-state index is -0.484. The summed E-state index contributed by atoms with van der Waals surface area (Å²) in [7, 11) is 2.93. The summed E-state index contributed by atoms with van der Waals surface area (Å²) in [6, 6.07) is 7.99. The number of halogens is 2. The lowest BCUT2D eigenvalue weighted by Gasteiger charge is -2.12. The van der Waals surface area contributed by atoms with Gasteiger partial charge >= 0.3 is 5.97 Å². The highest BCUT2D eigenvalue weighted by Gasteiger charge is 2.17. The average Bonchev–Trinajstić information content (AvgIpc) is 2.57. The Bertz CT molecular complexity index is 803. The van der Waals surface area contributed by atoms with Crippen LogP contribution in [0.1, 0.15) is 5.56 Å². The second-order valence-corrected chi connectivity index (χ2v) is 6.64. The second-order valence-electron chi connectivity index (χ2n) is 4.93. The van der Waals surface area contributed by atoms with Gasteiger partial charge in [0.05, 0.1) is 33.5 Å². The summed E-state index contributed by atoms with van der Waals surface area (Å²) < 4.78 is 11.6. The molecule has 0 unspecified atom stereocenters. The second kappa shape index (κ2) is 8.30. The Labute approximate surface area is 160 Å². The first-order valence-electron chi connectivity index (χ1n) is 7.04. The van der Waals surface area contributed by atoms with Crippen LogP contribution in [0, 0.1) is 10.1 Å². The van der Waals surface area contributed by atoms with E-state index in [0.29, 0.717) is 26.1 Å². The first kappa shape index (κ1) is 19.2. The van der Waals surface area contributed by atoms with E-state index in [-0.39, 0.29) is 18.1 Å². The molecule has 0 saturated heterocycles. The Morgan fingerprint density at radius 3 is 2.40 bits per heavy atom. The van der Waals surface area contributed by atoms with Crippen molar-refractivity contribution >= 4 is 49.2 Å². The van der Waals surface area contributed by atoms with Crippen molar-refractivity contribution in [3.05, 3.63) is 55.0 Å². The Morgan fingerprint density at radius 2 is 1.88 bits per heavy atom. The molecule has 25 heavy (non-hydrogen) atoms. The standard InChI is InChI=1S/C16H14Br2N2O5/c1-19-13-4-3-10(8-14(13)20(22)23)25-16-11(17)5-9(6-12(16)18)7-15(21)24-2/h3-6,8,19H,7H2,1-2H3. The number of carbonyl (C=O) groups is 1. The molecule has 9 heteroatoms. The van der Waals surface area contributed by atoms with E-state index in [2.05, 4.69) is 41.9 Å². The fraction of sp³-hybridized carbons (Fsp3) is 0.188. The molecular formula is C16H14Br2N2O5. The molecule has 0 bridgehead atoms. The SMILES string of the molecule is CNc1ccc(Oc2c(Br)cc(CC(=O)OC)cc2Br)cc1[N+](=O)[O-]. The third-order valence-electron chi connectivity index (χ3n) is 3.29. The smallest absolute Gasteiger partial charge is 0.309 e. The van der Waals surface area contributed by atoms with Gasteiger partial charge in [0.1, 0.15) is 11.4 Å². The summed E-state index contributed by atoms with van der Waals surface area (Å²) in [6.07, 6.45) is 0.121. The summed E-state index contributed by atoms with van der Waals surface area (Å²) >= 11 is 6.78. The topological polar surface area (TPSA) is 90.7 Å². The third kappa shape index (κ3) is 4.70. The molecule has 1 N–H and O–H groups in total. The lowest BCUT2D eigenvalue weighted by atomic mass is 10.1. The zero-order valence-corrected chi connectivity index (χ0v) is 16.5. The van der Waals surface area contributed by atoms with E-state index in [1.54, 1.807) is 31.3 Å². The van der Waals surface area contributed by atoms with Crippen molar-refractivity contribution in [3.63, 3.8) is 0 Å². The fourth-order valence-corrected chi connectivity index (χ4v) is 3.55. The molecule has 2 aromatic rings. The first-order valence-corrected chi connectivity index (χ1v) is 8.63. The molecule has 0 aliphatic carbocycles. The maximum absolute atomic E-state index is 11.4. The van der Waals surface area contributed by atoms with Gasteiger partial charge in [0, 0.05) is 7.05 Å². The average molecular weight is 474 g/mol. The van der Waals surface area contributed by atoms with Crippen LogP contribution in [-0.2, 0) is 16.0 Å². The molecule has 0 fully saturated rings. The number of nitro groups is 1. The number of rotatable bonds is 6. The predicted octanol–water partition coefficient (Wildman–Crippen LogP) is 4.67. The summed E-state index contributed by atoms with van der Waals surface area (Å²) in [6.45, 7) is 0. The molecule has 0 radical (unpaired) electrons. The van der Waals surface area contributed by atoms with Crippen LogP contribution in [0.3, 0.4) is 0 Å². The largest absolute Gasteiger partial charge is 0.469 e. The quantitative estimate of drug-likeness (QED) is 0.372. The van der Waals surface area contributed by atoms with Gasteiger partial charge in [0.25, 0.3) is 5.69 Å². The summed E-state index contributed by atoms with van der Waals surface area (Å²) in [5, 5.41) is 13.9. The number of ether oxygens (including phenoxy) is 2. The van der Waals surface area contributed by atoms with Gasteiger partial charge in [-0.15, -0.1) is 0 Å². The highest BCUT2D eigenvalue weighted by atomic mass is 79.9. The summed E-state index contributed by atoms with van der Waals surface area (Å²) in [4.78, 5) is 22.0. The maximum atomic E-state index is 11.4. The number of nitrogens with zero attached hydrogens (tertiary/aromatic N) is 1. The molecule has 0 saturated carbocycles. The van der Waals surface area contributed by atoms with Gasteiger partial charge in [0.15, 0.2) is 5.75 Å². The number of benzene rings is 2. The summed E-state index contributed by atoms with van der Waals surface area (Å²) in [5.74, 6) is 0.402. The molecule has 7 nitrogen and oxygen atoms in total. The molecule has 0 heterocycles. The Morgan fingerprint density at radius 1 is 1.24 bits per heavy atom. The van der Waals surface area contributed by atoms with E-state index in [0.717, 1.165) is 5.56 Å². The van der Waals surface area contributed by atoms with Crippen LogP contribution in [-0.4, -0.2) is 25.1 Å². The molecule has 0 aliphatic rings. The Balaban J connectivity index is 2.33. The number of methoxy groups -OCH3 is 1. The first-order chi connectivity index (χ1) is 11.8. The Kier molecular flexibility index (Phi) is 6.38. The van der Waals surface area contributed by atoms with Gasteiger partial charge in [-0.25, -0.2) is 0 Å². The lowest BCUT2D eigenvalue weighted by molar-refractivity contribution is -0.384. The van der Waals surface area contributed by atoms with Gasteiger partial charge in [-0.3, -0.25) is 14.9 Å². The van der Waals surface area contributed by atoms with Crippen LogP contribution in [0.2, 0.25) is 0 Å². The van der Waals surface area contributed by atoms with Gasteiger partial charge in [0.2, 0.25) is 0 Å². The molecule has 0 atom stereocenters. The van der Waals surface area contributed by atoms with Crippen LogP contribution in [0.4, 0.5) is 11.4 Å². The number of nitrogens with one attached hydrogen (secondary N) is 1. The van der Waals surface area contributed by atoms with Crippen molar-refractivity contribution in [2.24, 2.45) is 0 Å². The molecule has 0 aromatic heterocycles. The number of hydrogen-bond acceptors (Lipinski definition) is 6. The number of anilines is 1. The highest BCUT2D eigenvalue weighted by molar-refractivity contribution is 9.11. The van der Waals surface area contributed by atoms with E-state index >= 15 is 0 Å². The van der Waals surface area contributed by atoms with Crippen molar-refractivity contribution in [2.75, 3.05) is 19.5 Å². The molecular weight excluding hydrogens is 460 g/mol. The normalized spacial score (nSPS) is 10.2. The number of hydrogen-bond donors (Lipinski definition) is 1. The van der Waals surface area contributed by atoms with Gasteiger partial charge < -0.3 is 14.8 Å². The van der Waals surface area contributed by atoms with E-state index in [9.17, 15) is 14.9 Å². The summed E-state index contributed by atoms with van der Waals surface area (Å²) in [5.41, 5.74) is 1.04. The van der Waals surface area contributed by atoms with Gasteiger partial charge in [-0.05, 0) is 61.7 Å². The number of nitro benzene ring substituents is 1. The van der Waals surface area contributed by atoms with Gasteiger partial charge in [-0.1, -0.05) is 0 Å². The molecule has 2 aromatic carbocycles. The molecule has 2 rings (SSSR count). The zero-order chi connectivity index (χ0) is 18.6. The molecule has 0 aliphatic heterocycles. The van der Waals surface area contributed by atoms with Crippen molar-refractivity contribution in [1.29, 1.82) is 0 Å². The zero-order valence-electron chi connectivity index (χ0n) is 13.3.